The molecule has 0 radical (unpaired) electrons. The van der Waals surface area contributed by atoms with E-state index in [9.17, 15) is 28.8 Å². The molecule has 12 heteroatoms. The van der Waals surface area contributed by atoms with Crippen LogP contribution in [0.5, 0.6) is 0 Å². The Hall–Kier alpha value is -3.78. The van der Waals surface area contributed by atoms with E-state index in [-0.39, 0.29) is 32.9 Å². The summed E-state index contributed by atoms with van der Waals surface area (Å²) in [6.45, 7) is 31.2. The minimum Gasteiger partial charge on any atom is -0.312 e. The SMILES string of the molecule is CC(=O)SCc1ccc(C(=O)CCCNC(C)(C)C)cc1.CC(=O)SCc1ccc(CCC(=O)CCCCCC(C)(C)C)cc1.CC(C)(C)CCCCCC(=O)CCc1ccc(CS)cc1.CC(C)(C)NCCCC(=O)c1ccc(CS)cc1. The summed E-state index contributed by atoms with van der Waals surface area (Å²) in [5.74, 6) is 4.05. The van der Waals surface area contributed by atoms with Crippen molar-refractivity contribution in [3.05, 3.63) is 142 Å². The fourth-order valence-electron chi connectivity index (χ4n) is 8.41. The van der Waals surface area contributed by atoms with E-state index in [4.69, 9.17) is 0 Å². The zero-order valence-corrected chi connectivity index (χ0v) is 57.8. The zero-order valence-electron chi connectivity index (χ0n) is 54.4. The first-order valence-corrected chi connectivity index (χ1v) is 34.0. The number of thiol groups is 2. The molecular formula is C72H110N2O6S4. The lowest BCUT2D eigenvalue weighted by Gasteiger charge is -2.20. The fraction of sp³-hybridized carbons (Fsp3) is 0.583. The minimum absolute atomic E-state index is 0.0963. The number of rotatable bonds is 32. The summed E-state index contributed by atoms with van der Waals surface area (Å²) in [6, 6.07) is 32.0. The van der Waals surface area contributed by atoms with Gasteiger partial charge in [0.2, 0.25) is 0 Å². The van der Waals surface area contributed by atoms with Crippen LogP contribution in [0.3, 0.4) is 0 Å². The number of thioether (sulfide) groups is 2. The maximum absolute atomic E-state index is 12.1. The Balaban J connectivity index is 0.000000563. The highest BCUT2D eigenvalue weighted by molar-refractivity contribution is 8.13. The molecule has 468 valence electrons. The molecule has 2 N–H and O–H groups in total. The summed E-state index contributed by atoms with van der Waals surface area (Å²) in [6.07, 6.45) is 16.7. The lowest BCUT2D eigenvalue weighted by atomic mass is 9.89. The van der Waals surface area contributed by atoms with E-state index in [1.807, 2.05) is 48.5 Å². The second-order valence-corrected chi connectivity index (χ2v) is 29.6. The van der Waals surface area contributed by atoms with Crippen LogP contribution in [0.1, 0.15) is 254 Å². The second-order valence-electron chi connectivity index (χ2n) is 26.6. The van der Waals surface area contributed by atoms with E-state index in [0.29, 0.717) is 59.6 Å². The van der Waals surface area contributed by atoms with Crippen molar-refractivity contribution < 1.29 is 28.8 Å². The van der Waals surface area contributed by atoms with E-state index in [1.165, 1.54) is 72.3 Å². The van der Waals surface area contributed by atoms with Crippen molar-refractivity contribution in [1.29, 1.82) is 0 Å². The van der Waals surface area contributed by atoms with Gasteiger partial charge >= 0.3 is 0 Å². The van der Waals surface area contributed by atoms with Crippen LogP contribution in [0.4, 0.5) is 0 Å². The first kappa shape index (κ1) is 78.2. The van der Waals surface area contributed by atoms with Crippen LogP contribution in [0.15, 0.2) is 97.1 Å². The summed E-state index contributed by atoms with van der Waals surface area (Å²) in [4.78, 5) is 69.7. The number of Topliss-reactive ketones (excluding diaryl/α,β-unsaturated/α-hetero) is 4. The third-order valence-electron chi connectivity index (χ3n) is 13.5. The predicted octanol–water partition coefficient (Wildman–Crippen LogP) is 18.9. The molecule has 4 aromatic rings. The van der Waals surface area contributed by atoms with Crippen LogP contribution in [0, 0.1) is 10.8 Å². The molecule has 0 aliphatic carbocycles. The quantitative estimate of drug-likeness (QED) is 0.0213. The van der Waals surface area contributed by atoms with E-state index < -0.39 is 0 Å². The van der Waals surface area contributed by atoms with E-state index >= 15 is 0 Å². The van der Waals surface area contributed by atoms with Crippen LogP contribution < -0.4 is 10.6 Å². The Labute approximate surface area is 530 Å². The Bertz CT molecular complexity index is 2480. The monoisotopic (exact) mass is 1230 g/mol. The molecule has 4 rings (SSSR count). The molecule has 0 heterocycles. The number of carbonyl (C=O) groups is 6. The number of nitrogens with one attached hydrogen (secondary N) is 2. The zero-order chi connectivity index (χ0) is 63.2. The summed E-state index contributed by atoms with van der Waals surface area (Å²) >= 11 is 11.1. The number of carbonyl (C=O) groups excluding carboxylic acids is 6. The molecule has 0 fully saturated rings. The van der Waals surface area contributed by atoms with Gasteiger partial charge in [-0.15, -0.1) is 0 Å². The molecule has 0 saturated heterocycles. The van der Waals surface area contributed by atoms with E-state index in [2.05, 4.69) is 168 Å². The molecule has 0 spiro atoms. The van der Waals surface area contributed by atoms with Crippen molar-refractivity contribution in [3.63, 3.8) is 0 Å². The highest BCUT2D eigenvalue weighted by Crippen LogP contribution is 2.24. The molecule has 0 aromatic heterocycles. The van der Waals surface area contributed by atoms with E-state index in [0.717, 1.165) is 110 Å². The van der Waals surface area contributed by atoms with Gasteiger partial charge in [-0.2, -0.15) is 25.3 Å². The number of unbranched alkanes of at least 4 members (excludes halogenated alkanes) is 4. The van der Waals surface area contributed by atoms with Gasteiger partial charge in [0, 0.05) is 97.6 Å². The van der Waals surface area contributed by atoms with Gasteiger partial charge in [-0.05, 0) is 150 Å². The molecule has 0 aliphatic rings. The van der Waals surface area contributed by atoms with Crippen LogP contribution >= 0.6 is 48.8 Å². The van der Waals surface area contributed by atoms with Crippen LogP contribution in [0.25, 0.3) is 0 Å². The van der Waals surface area contributed by atoms with Gasteiger partial charge in [-0.3, -0.25) is 28.8 Å². The molecule has 84 heavy (non-hydrogen) atoms. The highest BCUT2D eigenvalue weighted by atomic mass is 32.2. The Morgan fingerprint density at radius 2 is 0.667 bits per heavy atom. The molecule has 0 unspecified atom stereocenters. The average molecular weight is 1230 g/mol. The van der Waals surface area contributed by atoms with Crippen molar-refractivity contribution in [2.45, 2.75) is 247 Å². The third kappa shape index (κ3) is 44.6. The first-order chi connectivity index (χ1) is 39.4. The Morgan fingerprint density at radius 1 is 0.369 bits per heavy atom. The van der Waals surface area contributed by atoms with Crippen LogP contribution in [-0.4, -0.2) is 57.5 Å². The number of aryl methyl sites for hydroxylation is 2. The number of hydrogen-bond donors (Lipinski definition) is 4. The lowest BCUT2D eigenvalue weighted by molar-refractivity contribution is -0.120. The molecule has 0 amide bonds. The van der Waals surface area contributed by atoms with Crippen molar-refractivity contribution in [2.24, 2.45) is 10.8 Å². The summed E-state index contributed by atoms with van der Waals surface area (Å²) < 4.78 is 0. The molecular weight excluding hydrogens is 1120 g/mol. The fourth-order valence-corrected chi connectivity index (χ4v) is 9.95. The van der Waals surface area contributed by atoms with Gasteiger partial charge in [-0.25, -0.2) is 0 Å². The van der Waals surface area contributed by atoms with Crippen molar-refractivity contribution in [3.8, 4) is 0 Å². The molecule has 0 aliphatic heterocycles. The largest absolute Gasteiger partial charge is 0.312 e. The van der Waals surface area contributed by atoms with Gasteiger partial charge in [0.15, 0.2) is 21.8 Å². The highest BCUT2D eigenvalue weighted by Gasteiger charge is 2.14. The smallest absolute Gasteiger partial charge is 0.186 e. The maximum atomic E-state index is 12.1. The molecule has 4 aromatic carbocycles. The van der Waals surface area contributed by atoms with Gasteiger partial charge in [-0.1, -0.05) is 188 Å². The Kier molecular flexibility index (Phi) is 40.0. The summed E-state index contributed by atoms with van der Waals surface area (Å²) in [5, 5.41) is 7.02. The summed E-state index contributed by atoms with van der Waals surface area (Å²) in [7, 11) is 0. The molecule has 0 bridgehead atoms. The number of benzene rings is 4. The van der Waals surface area contributed by atoms with Gasteiger partial charge < -0.3 is 10.6 Å². The van der Waals surface area contributed by atoms with Gasteiger partial charge in [0.1, 0.15) is 11.6 Å². The number of hydrogen-bond acceptors (Lipinski definition) is 12. The summed E-state index contributed by atoms with van der Waals surface area (Å²) in [5.41, 5.74) is 9.65. The van der Waals surface area contributed by atoms with Gasteiger partial charge in [0.05, 0.1) is 0 Å². The predicted molar refractivity (Wildman–Crippen MR) is 369 cm³/mol. The standard InChI is InChI=1S/C21H32O2S.C19H30OS.C17H25NO2S.C15H23NOS/c1-17(22)24-16-19-11-9-18(10-12-19)13-14-20(23)8-6-5-7-15-21(2,3)4;1-19(2,3)14-6-4-5-7-18(20)13-12-16-8-10-17(15-21)11-9-16;1-13(19)21-12-14-7-9-15(10-8-14)16(20)6-5-11-18-17(2,3)4;1-15(2,3)16-10-4-5-14(17)13-8-6-12(11-18)7-9-13/h9-12H,5-8,13-16H2,1-4H3;8-11,21H,4-7,12-15H2,1-3H3;7-10,18H,5-6,11-12H2,1-4H3;6-9,16,18H,4-5,10-11H2,1-3H3. The second kappa shape index (κ2) is 43.0. The molecule has 0 saturated carbocycles. The van der Waals surface area contributed by atoms with Crippen molar-refractivity contribution >= 4 is 82.1 Å². The topological polar surface area (TPSA) is 126 Å². The maximum Gasteiger partial charge on any atom is 0.186 e. The van der Waals surface area contributed by atoms with Crippen LogP contribution in [0.2, 0.25) is 0 Å². The van der Waals surface area contributed by atoms with Gasteiger partial charge in [0.25, 0.3) is 0 Å². The van der Waals surface area contributed by atoms with Crippen molar-refractivity contribution in [2.75, 3.05) is 13.1 Å². The Morgan fingerprint density at radius 3 is 0.964 bits per heavy atom. The molecule has 0 atom stereocenters. The van der Waals surface area contributed by atoms with Crippen molar-refractivity contribution in [1.82, 2.24) is 10.6 Å². The third-order valence-corrected chi connectivity index (χ3v) is 16.0. The van der Waals surface area contributed by atoms with Crippen LogP contribution in [-0.2, 0) is 55.0 Å². The average Bonchev–Trinajstić information content (AvgIpc) is 3.43. The lowest BCUT2D eigenvalue weighted by Crippen LogP contribution is -2.36. The normalized spacial score (nSPS) is 11.5. The minimum atomic E-state index is 0.0963. The number of ketones is 4. The molecule has 8 nitrogen and oxygen atoms in total. The first-order valence-electron chi connectivity index (χ1n) is 30.8. The van der Waals surface area contributed by atoms with E-state index in [1.54, 1.807) is 13.8 Å².